The maximum atomic E-state index is 12.3. The van der Waals surface area contributed by atoms with Crippen LogP contribution in [-0.4, -0.2) is 39.0 Å². The van der Waals surface area contributed by atoms with Crippen molar-refractivity contribution in [1.82, 2.24) is 10.0 Å². The molecule has 7 nitrogen and oxygen atoms in total. The number of fused-ring (bicyclic) bond motifs is 1. The number of benzene rings is 1. The molecule has 11 heteroatoms. The van der Waals surface area contributed by atoms with Crippen molar-refractivity contribution >= 4 is 27.7 Å². The van der Waals surface area contributed by atoms with Crippen molar-refractivity contribution in [3.8, 4) is 0 Å². The highest BCUT2D eigenvalue weighted by molar-refractivity contribution is 7.91. The third-order valence-corrected chi connectivity index (χ3v) is 4.91. The van der Waals surface area contributed by atoms with Crippen molar-refractivity contribution in [2.24, 2.45) is 0 Å². The average Bonchev–Trinajstić information content (AvgIpc) is 2.89. The van der Waals surface area contributed by atoms with Crippen molar-refractivity contribution in [3.05, 3.63) is 29.8 Å². The van der Waals surface area contributed by atoms with Crippen LogP contribution in [0.25, 0.3) is 0 Å². The second-order valence-corrected chi connectivity index (χ2v) is 7.10. The highest BCUT2D eigenvalue weighted by atomic mass is 32.2. The molecule has 0 radical (unpaired) electrons. The van der Waals surface area contributed by atoms with Gasteiger partial charge in [0.2, 0.25) is 5.91 Å². The number of amides is 2. The Kier molecular flexibility index (Phi) is 5.26. The minimum Gasteiger partial charge on any atom is -0.344 e. The Bertz CT molecular complexity index is 780. The van der Waals surface area contributed by atoms with E-state index in [1.165, 1.54) is 0 Å². The highest BCUT2D eigenvalue weighted by Crippen LogP contribution is 2.29. The van der Waals surface area contributed by atoms with Crippen LogP contribution in [0.5, 0.6) is 0 Å². The Hall–Kier alpha value is -2.30. The maximum absolute atomic E-state index is 12.3. The van der Waals surface area contributed by atoms with Gasteiger partial charge in [-0.3, -0.25) is 13.9 Å². The van der Waals surface area contributed by atoms with Crippen LogP contribution in [0.15, 0.2) is 24.3 Å². The zero-order valence-corrected chi connectivity index (χ0v) is 13.9. The number of alkyl halides is 3. The first-order valence-corrected chi connectivity index (χ1v) is 8.72. The van der Waals surface area contributed by atoms with Gasteiger partial charge < -0.3 is 5.32 Å². The minimum atomic E-state index is -4.72. The average molecular weight is 379 g/mol. The van der Waals surface area contributed by atoms with E-state index in [9.17, 15) is 31.2 Å². The number of carbonyl (C=O) groups is 2. The molecule has 138 valence electrons. The standard InChI is InChI=1S/C14H16F3N3O4S/c1-9(18-12(21)8-14(15,16)17)13(22)19-25(23,24)20-7-6-10-4-2-3-5-11(10)20/h2-5,9H,6-8H2,1H3,(H,18,21)(H,19,22). The molecule has 0 saturated heterocycles. The monoisotopic (exact) mass is 379 g/mol. The molecule has 2 amide bonds. The lowest BCUT2D eigenvalue weighted by molar-refractivity contribution is -0.155. The molecular formula is C14H16F3N3O4S. The number of nitrogens with one attached hydrogen (secondary N) is 2. The molecule has 1 unspecified atom stereocenters. The predicted molar refractivity (Wildman–Crippen MR) is 82.8 cm³/mol. The summed E-state index contributed by atoms with van der Waals surface area (Å²) >= 11 is 0. The largest absolute Gasteiger partial charge is 0.397 e. The van der Waals surface area contributed by atoms with E-state index in [-0.39, 0.29) is 6.54 Å². The number of halogens is 3. The van der Waals surface area contributed by atoms with E-state index in [1.807, 2.05) is 5.32 Å². The van der Waals surface area contributed by atoms with Crippen molar-refractivity contribution in [1.29, 1.82) is 0 Å². The summed E-state index contributed by atoms with van der Waals surface area (Å²) in [5.74, 6) is -2.54. The second kappa shape index (κ2) is 6.90. The Balaban J connectivity index is 2.01. The van der Waals surface area contributed by atoms with E-state index in [0.29, 0.717) is 12.1 Å². The third-order valence-electron chi connectivity index (χ3n) is 3.50. The van der Waals surface area contributed by atoms with E-state index in [0.717, 1.165) is 16.8 Å². The smallest absolute Gasteiger partial charge is 0.344 e. The molecule has 0 aromatic heterocycles. The molecule has 1 heterocycles. The summed E-state index contributed by atoms with van der Waals surface area (Å²) in [6, 6.07) is 5.30. The van der Waals surface area contributed by atoms with Gasteiger partial charge in [0.15, 0.2) is 0 Å². The van der Waals surface area contributed by atoms with Crippen LogP contribution in [0.2, 0.25) is 0 Å². The highest BCUT2D eigenvalue weighted by Gasteiger charge is 2.34. The number of nitrogens with zero attached hydrogens (tertiary/aromatic N) is 1. The molecule has 1 atom stereocenters. The first kappa shape index (κ1) is 19.0. The van der Waals surface area contributed by atoms with Gasteiger partial charge in [-0.25, -0.2) is 4.72 Å². The Morgan fingerprint density at radius 1 is 1.28 bits per heavy atom. The fourth-order valence-electron chi connectivity index (χ4n) is 2.37. The number of rotatable bonds is 5. The fraction of sp³-hybridized carbons (Fsp3) is 0.429. The van der Waals surface area contributed by atoms with Gasteiger partial charge in [0.05, 0.1) is 5.69 Å². The summed E-state index contributed by atoms with van der Waals surface area (Å²) in [6.07, 6.45) is -5.99. The second-order valence-electron chi connectivity index (χ2n) is 5.50. The molecule has 0 fully saturated rings. The Morgan fingerprint density at radius 2 is 1.92 bits per heavy atom. The van der Waals surface area contributed by atoms with Gasteiger partial charge in [0, 0.05) is 6.54 Å². The molecule has 1 aliphatic rings. The lowest BCUT2D eigenvalue weighted by atomic mass is 10.2. The van der Waals surface area contributed by atoms with Crippen molar-refractivity contribution in [2.75, 3.05) is 10.8 Å². The molecule has 0 bridgehead atoms. The molecule has 1 aliphatic heterocycles. The van der Waals surface area contributed by atoms with Crippen LogP contribution in [-0.2, 0) is 26.2 Å². The molecule has 1 aromatic carbocycles. The molecule has 1 aromatic rings. The molecule has 2 rings (SSSR count). The van der Waals surface area contributed by atoms with Gasteiger partial charge in [0.25, 0.3) is 5.91 Å². The lowest BCUT2D eigenvalue weighted by Crippen LogP contribution is -2.51. The quantitative estimate of drug-likeness (QED) is 0.794. The summed E-state index contributed by atoms with van der Waals surface area (Å²) < 4.78 is 63.8. The van der Waals surface area contributed by atoms with Crippen LogP contribution >= 0.6 is 0 Å². The van der Waals surface area contributed by atoms with Crippen LogP contribution in [0.3, 0.4) is 0 Å². The fourth-order valence-corrected chi connectivity index (χ4v) is 3.68. The van der Waals surface area contributed by atoms with Gasteiger partial charge in [0.1, 0.15) is 12.5 Å². The third kappa shape index (κ3) is 4.84. The first-order chi connectivity index (χ1) is 11.5. The topological polar surface area (TPSA) is 95.6 Å². The maximum Gasteiger partial charge on any atom is 0.397 e. The summed E-state index contributed by atoms with van der Waals surface area (Å²) in [7, 11) is -4.23. The van der Waals surface area contributed by atoms with Gasteiger partial charge in [-0.15, -0.1) is 0 Å². The Labute approximate surface area is 142 Å². The molecule has 0 aliphatic carbocycles. The SMILES string of the molecule is CC(NC(=O)CC(F)(F)F)C(=O)NS(=O)(=O)N1CCc2ccccc21. The van der Waals surface area contributed by atoms with Crippen LogP contribution in [0, 0.1) is 0 Å². The van der Waals surface area contributed by atoms with E-state index >= 15 is 0 Å². The van der Waals surface area contributed by atoms with Crippen LogP contribution in [0.4, 0.5) is 18.9 Å². The van der Waals surface area contributed by atoms with E-state index in [1.54, 1.807) is 29.0 Å². The minimum absolute atomic E-state index is 0.136. The van der Waals surface area contributed by atoms with Gasteiger partial charge in [-0.05, 0) is 25.0 Å². The normalized spacial score (nSPS) is 15.4. The number of carbonyl (C=O) groups excluding carboxylic acids is 2. The van der Waals surface area contributed by atoms with Gasteiger partial charge in [-0.2, -0.15) is 21.6 Å². The van der Waals surface area contributed by atoms with Crippen molar-refractivity contribution in [3.63, 3.8) is 0 Å². The predicted octanol–water partition coefficient (Wildman–Crippen LogP) is 0.867. The summed E-state index contributed by atoms with van der Waals surface area (Å²) in [4.78, 5) is 23.1. The number of para-hydroxylation sites is 1. The van der Waals surface area contributed by atoms with Crippen molar-refractivity contribution in [2.45, 2.75) is 32.0 Å². The lowest BCUT2D eigenvalue weighted by Gasteiger charge is -2.21. The number of hydrogen-bond acceptors (Lipinski definition) is 4. The zero-order chi connectivity index (χ0) is 18.8. The van der Waals surface area contributed by atoms with Crippen molar-refractivity contribution < 1.29 is 31.2 Å². The van der Waals surface area contributed by atoms with Gasteiger partial charge in [-0.1, -0.05) is 18.2 Å². The summed E-state index contributed by atoms with van der Waals surface area (Å²) in [6.45, 7) is 1.23. The number of hydrogen-bond donors (Lipinski definition) is 2. The zero-order valence-electron chi connectivity index (χ0n) is 13.1. The first-order valence-electron chi connectivity index (χ1n) is 7.28. The molecule has 0 saturated carbocycles. The Morgan fingerprint density at radius 3 is 2.56 bits per heavy atom. The summed E-state index contributed by atoms with van der Waals surface area (Å²) in [5.41, 5.74) is 1.23. The number of anilines is 1. The van der Waals surface area contributed by atoms with E-state index < -0.39 is 40.7 Å². The van der Waals surface area contributed by atoms with E-state index in [2.05, 4.69) is 0 Å². The molecule has 25 heavy (non-hydrogen) atoms. The molecule has 0 spiro atoms. The van der Waals surface area contributed by atoms with Gasteiger partial charge >= 0.3 is 16.4 Å². The van der Waals surface area contributed by atoms with Crippen LogP contribution in [0.1, 0.15) is 18.9 Å². The van der Waals surface area contributed by atoms with E-state index in [4.69, 9.17) is 0 Å². The van der Waals surface area contributed by atoms with Crippen LogP contribution < -0.4 is 14.3 Å². The molecule has 2 N–H and O–H groups in total. The molecular weight excluding hydrogens is 363 g/mol. The summed E-state index contributed by atoms with van der Waals surface area (Å²) in [5, 5.41) is 1.81.